The number of carbonyl (C=O) groups excluding carboxylic acids is 1. The molecule has 0 saturated heterocycles. The van der Waals surface area contributed by atoms with Gasteiger partial charge in [-0.2, -0.15) is 0 Å². The molecule has 0 fully saturated rings. The molecule has 1 amide bonds. The Labute approximate surface area is 187 Å². The van der Waals surface area contributed by atoms with Gasteiger partial charge in [0.05, 0.1) is 13.2 Å². The number of hydrogen-bond donors (Lipinski definition) is 1. The average Bonchev–Trinajstić information content (AvgIpc) is 3.15. The van der Waals surface area contributed by atoms with Gasteiger partial charge in [0.15, 0.2) is 11.5 Å². The number of rotatable bonds is 7. The van der Waals surface area contributed by atoms with Crippen LogP contribution in [0.1, 0.15) is 35.5 Å². The molecule has 164 valence electrons. The van der Waals surface area contributed by atoms with Crippen molar-refractivity contribution in [2.75, 3.05) is 18.5 Å². The third kappa shape index (κ3) is 4.30. The summed E-state index contributed by atoms with van der Waals surface area (Å²) in [7, 11) is 0. The average molecular weight is 430 g/mol. The van der Waals surface area contributed by atoms with E-state index < -0.39 is 0 Å². The number of aromatic nitrogens is 2. The fraction of sp³-hybridized carbons (Fsp3) is 0.231. The number of carbonyl (C=O) groups is 1. The number of amides is 1. The number of nitrogens with one attached hydrogen (secondary N) is 1. The summed E-state index contributed by atoms with van der Waals surface area (Å²) in [4.78, 5) is 18.3. The van der Waals surface area contributed by atoms with E-state index in [0.29, 0.717) is 41.8 Å². The minimum Gasteiger partial charge on any atom is -0.490 e. The molecule has 2 aromatic carbocycles. The molecule has 0 spiro atoms. The Hall–Kier alpha value is -3.80. The third-order valence-corrected chi connectivity index (χ3v) is 5.11. The highest BCUT2D eigenvalue weighted by molar-refractivity contribution is 6.07. The lowest BCUT2D eigenvalue weighted by molar-refractivity contribution is 0.102. The van der Waals surface area contributed by atoms with E-state index in [1.54, 1.807) is 6.07 Å². The number of imidazole rings is 1. The van der Waals surface area contributed by atoms with Crippen LogP contribution in [0.2, 0.25) is 0 Å². The highest BCUT2D eigenvalue weighted by Gasteiger charge is 2.21. The Balaban J connectivity index is 1.76. The van der Waals surface area contributed by atoms with E-state index in [1.807, 2.05) is 86.8 Å². The second-order valence-electron chi connectivity index (χ2n) is 7.59. The van der Waals surface area contributed by atoms with Crippen molar-refractivity contribution in [3.05, 3.63) is 77.6 Å². The van der Waals surface area contributed by atoms with Crippen LogP contribution in [-0.2, 0) is 0 Å². The van der Waals surface area contributed by atoms with Crippen LogP contribution in [0.4, 0.5) is 5.69 Å². The molecule has 6 nitrogen and oxygen atoms in total. The standard InChI is InChI=1S/C26H27N3O3/c1-5-31-21-13-12-20(15-22(21)32-6-2)27-26(30)25-24(19-10-7-17(3)8-11-19)28-23-14-9-18(4)16-29(23)25/h7-16H,5-6H2,1-4H3,(H,27,30). The molecular formula is C26H27N3O3. The van der Waals surface area contributed by atoms with E-state index >= 15 is 0 Å². The molecule has 2 heterocycles. The smallest absolute Gasteiger partial charge is 0.274 e. The van der Waals surface area contributed by atoms with Crippen molar-refractivity contribution >= 4 is 17.2 Å². The van der Waals surface area contributed by atoms with Crippen molar-refractivity contribution < 1.29 is 14.3 Å². The van der Waals surface area contributed by atoms with E-state index in [1.165, 1.54) is 0 Å². The minimum atomic E-state index is -0.245. The second-order valence-corrected chi connectivity index (χ2v) is 7.59. The first-order valence-corrected chi connectivity index (χ1v) is 10.8. The van der Waals surface area contributed by atoms with Crippen molar-refractivity contribution in [2.24, 2.45) is 0 Å². The molecule has 0 aliphatic rings. The first-order chi connectivity index (χ1) is 15.5. The van der Waals surface area contributed by atoms with Gasteiger partial charge < -0.3 is 14.8 Å². The van der Waals surface area contributed by atoms with Crippen LogP contribution in [0.25, 0.3) is 16.9 Å². The number of fused-ring (bicyclic) bond motifs is 1. The Bertz CT molecular complexity index is 1260. The van der Waals surface area contributed by atoms with E-state index in [4.69, 9.17) is 14.5 Å². The van der Waals surface area contributed by atoms with Crippen LogP contribution in [0, 0.1) is 13.8 Å². The predicted molar refractivity (Wildman–Crippen MR) is 127 cm³/mol. The molecular weight excluding hydrogens is 402 g/mol. The van der Waals surface area contributed by atoms with Crippen molar-refractivity contribution in [1.29, 1.82) is 0 Å². The van der Waals surface area contributed by atoms with Crippen molar-refractivity contribution in [1.82, 2.24) is 9.38 Å². The van der Waals surface area contributed by atoms with E-state index in [0.717, 1.165) is 22.3 Å². The van der Waals surface area contributed by atoms with Gasteiger partial charge in [0.25, 0.3) is 5.91 Å². The topological polar surface area (TPSA) is 64.9 Å². The van der Waals surface area contributed by atoms with Crippen LogP contribution >= 0.6 is 0 Å². The first kappa shape index (κ1) is 21.4. The van der Waals surface area contributed by atoms with Crippen molar-refractivity contribution in [3.8, 4) is 22.8 Å². The molecule has 4 rings (SSSR count). The summed E-state index contributed by atoms with van der Waals surface area (Å²) in [5, 5.41) is 3.01. The molecule has 6 heteroatoms. The summed E-state index contributed by atoms with van der Waals surface area (Å²) in [6.07, 6.45) is 1.93. The molecule has 0 unspecified atom stereocenters. The van der Waals surface area contributed by atoms with Crippen LogP contribution in [0.3, 0.4) is 0 Å². The van der Waals surface area contributed by atoms with Crippen molar-refractivity contribution in [2.45, 2.75) is 27.7 Å². The van der Waals surface area contributed by atoms with Gasteiger partial charge in [0.1, 0.15) is 17.0 Å². The lowest BCUT2D eigenvalue weighted by atomic mass is 10.1. The zero-order chi connectivity index (χ0) is 22.7. The Morgan fingerprint density at radius 3 is 2.31 bits per heavy atom. The number of anilines is 1. The van der Waals surface area contributed by atoms with Gasteiger partial charge >= 0.3 is 0 Å². The van der Waals surface area contributed by atoms with Gasteiger partial charge in [-0.1, -0.05) is 35.9 Å². The highest BCUT2D eigenvalue weighted by Crippen LogP contribution is 2.32. The van der Waals surface area contributed by atoms with Gasteiger partial charge in [-0.05, 0) is 51.5 Å². The SMILES string of the molecule is CCOc1ccc(NC(=O)c2c(-c3ccc(C)cc3)nc3ccc(C)cn23)cc1OCC. The number of hydrogen-bond acceptors (Lipinski definition) is 4. The Kier molecular flexibility index (Phi) is 6.12. The maximum absolute atomic E-state index is 13.5. The van der Waals surface area contributed by atoms with Gasteiger partial charge in [0.2, 0.25) is 0 Å². The lowest BCUT2D eigenvalue weighted by Gasteiger charge is -2.13. The molecule has 0 radical (unpaired) electrons. The summed E-state index contributed by atoms with van der Waals surface area (Å²) in [5.74, 6) is 1.00. The molecule has 0 bridgehead atoms. The summed E-state index contributed by atoms with van der Waals surface area (Å²) >= 11 is 0. The van der Waals surface area contributed by atoms with Gasteiger partial charge in [-0.3, -0.25) is 9.20 Å². The molecule has 2 aromatic heterocycles. The largest absolute Gasteiger partial charge is 0.490 e. The second kappa shape index (κ2) is 9.14. The summed E-state index contributed by atoms with van der Waals surface area (Å²) in [5.41, 5.74) is 5.56. The van der Waals surface area contributed by atoms with Gasteiger partial charge in [-0.15, -0.1) is 0 Å². The van der Waals surface area contributed by atoms with E-state index in [-0.39, 0.29) is 5.91 Å². The molecule has 0 aliphatic heterocycles. The fourth-order valence-corrected chi connectivity index (χ4v) is 3.60. The normalized spacial score (nSPS) is 10.9. The third-order valence-electron chi connectivity index (χ3n) is 5.11. The Morgan fingerprint density at radius 2 is 1.59 bits per heavy atom. The maximum Gasteiger partial charge on any atom is 0.274 e. The van der Waals surface area contributed by atoms with Crippen LogP contribution in [-0.4, -0.2) is 28.5 Å². The predicted octanol–water partition coefficient (Wildman–Crippen LogP) is 5.67. The number of benzene rings is 2. The first-order valence-electron chi connectivity index (χ1n) is 10.8. The van der Waals surface area contributed by atoms with Crippen LogP contribution in [0.15, 0.2) is 60.8 Å². The van der Waals surface area contributed by atoms with E-state index in [9.17, 15) is 4.79 Å². The van der Waals surface area contributed by atoms with Crippen molar-refractivity contribution in [3.63, 3.8) is 0 Å². The minimum absolute atomic E-state index is 0.245. The molecule has 32 heavy (non-hydrogen) atoms. The number of aryl methyl sites for hydroxylation is 2. The molecule has 0 aliphatic carbocycles. The molecule has 0 saturated carbocycles. The lowest BCUT2D eigenvalue weighted by Crippen LogP contribution is -2.16. The molecule has 0 atom stereocenters. The van der Waals surface area contributed by atoms with E-state index in [2.05, 4.69) is 5.32 Å². The van der Waals surface area contributed by atoms with Gasteiger partial charge in [-0.25, -0.2) is 4.98 Å². The molecule has 4 aromatic rings. The fourth-order valence-electron chi connectivity index (χ4n) is 3.60. The summed E-state index contributed by atoms with van der Waals surface area (Å²) < 4.78 is 13.2. The monoisotopic (exact) mass is 429 g/mol. The highest BCUT2D eigenvalue weighted by atomic mass is 16.5. The zero-order valence-electron chi connectivity index (χ0n) is 18.8. The maximum atomic E-state index is 13.5. The zero-order valence-corrected chi connectivity index (χ0v) is 18.8. The quantitative estimate of drug-likeness (QED) is 0.411. The molecule has 1 N–H and O–H groups in total. The Morgan fingerprint density at radius 1 is 0.906 bits per heavy atom. The van der Waals surface area contributed by atoms with Gasteiger partial charge in [0, 0.05) is 23.5 Å². The summed E-state index contributed by atoms with van der Waals surface area (Å²) in [6, 6.07) is 17.3. The number of pyridine rings is 1. The summed E-state index contributed by atoms with van der Waals surface area (Å²) in [6.45, 7) is 8.90. The number of nitrogens with zero attached hydrogens (tertiary/aromatic N) is 2. The van der Waals surface area contributed by atoms with Crippen LogP contribution < -0.4 is 14.8 Å². The number of ether oxygens (including phenoxy) is 2. The van der Waals surface area contributed by atoms with Crippen LogP contribution in [0.5, 0.6) is 11.5 Å².